The number of fused-ring (bicyclic) bond motifs is 1. The van der Waals surface area contributed by atoms with Crippen LogP contribution in [-0.4, -0.2) is 53.6 Å². The first kappa shape index (κ1) is 19.4. The van der Waals surface area contributed by atoms with Crippen LogP contribution in [0.2, 0.25) is 5.02 Å². The third-order valence-corrected chi connectivity index (χ3v) is 8.28. The number of rotatable bonds is 4. The minimum absolute atomic E-state index is 0.0451. The van der Waals surface area contributed by atoms with Gasteiger partial charge in [-0.1, -0.05) is 23.7 Å². The largest absolute Gasteiger partial charge is 0.337 e. The molecule has 6 nitrogen and oxygen atoms in total. The van der Waals surface area contributed by atoms with E-state index in [0.717, 1.165) is 21.5 Å². The van der Waals surface area contributed by atoms with Gasteiger partial charge in [-0.3, -0.25) is 9.48 Å². The van der Waals surface area contributed by atoms with E-state index in [9.17, 15) is 13.2 Å². The topological polar surface area (TPSA) is 72.3 Å². The number of carbonyl (C=O) groups excluding carboxylic acids is 1. The maximum Gasteiger partial charge on any atom is 0.264 e. The van der Waals surface area contributed by atoms with Gasteiger partial charge in [0.2, 0.25) is 0 Å². The third-order valence-electron chi connectivity index (χ3n) is 5.14. The van der Waals surface area contributed by atoms with E-state index < -0.39 is 9.84 Å². The minimum Gasteiger partial charge on any atom is -0.337 e. The van der Waals surface area contributed by atoms with E-state index >= 15 is 0 Å². The lowest BCUT2D eigenvalue weighted by Crippen LogP contribution is -2.37. The van der Waals surface area contributed by atoms with Crippen LogP contribution < -0.4 is 0 Å². The Bertz CT molecular complexity index is 1150. The highest BCUT2D eigenvalue weighted by Crippen LogP contribution is 2.30. The maximum atomic E-state index is 12.9. The van der Waals surface area contributed by atoms with Crippen LogP contribution >= 0.6 is 22.9 Å². The van der Waals surface area contributed by atoms with E-state index in [1.54, 1.807) is 11.9 Å². The monoisotopic (exact) mass is 437 g/mol. The molecule has 0 radical (unpaired) electrons. The van der Waals surface area contributed by atoms with Crippen LogP contribution in [0, 0.1) is 6.92 Å². The normalized spacial score (nSPS) is 18.6. The molecule has 0 aliphatic carbocycles. The van der Waals surface area contributed by atoms with E-state index in [1.807, 2.05) is 41.9 Å². The summed E-state index contributed by atoms with van der Waals surface area (Å²) >= 11 is 7.35. The van der Waals surface area contributed by atoms with Crippen molar-refractivity contribution in [3.63, 3.8) is 0 Å². The number of sulfone groups is 1. The van der Waals surface area contributed by atoms with Gasteiger partial charge >= 0.3 is 0 Å². The number of nitrogens with zero attached hydrogens (tertiary/aromatic N) is 3. The number of hydrogen-bond donors (Lipinski definition) is 0. The summed E-state index contributed by atoms with van der Waals surface area (Å²) in [5.74, 6) is 0.0566. The van der Waals surface area contributed by atoms with E-state index in [0.29, 0.717) is 22.9 Å². The highest BCUT2D eigenvalue weighted by Gasteiger charge is 2.33. The predicted octanol–water partition coefficient (Wildman–Crippen LogP) is 3.37. The fraction of sp³-hybridized carbons (Fsp3) is 0.368. The van der Waals surface area contributed by atoms with Crippen molar-refractivity contribution in [3.8, 4) is 0 Å². The fourth-order valence-corrected chi connectivity index (χ4v) is 6.55. The molecule has 3 heterocycles. The summed E-state index contributed by atoms with van der Waals surface area (Å²) in [6.07, 6.45) is 0.499. The number of aromatic nitrogens is 2. The van der Waals surface area contributed by atoms with E-state index in [1.165, 1.54) is 11.3 Å². The molecular weight excluding hydrogens is 418 g/mol. The lowest BCUT2D eigenvalue weighted by molar-refractivity contribution is 0.0752. The summed E-state index contributed by atoms with van der Waals surface area (Å²) in [6, 6.07) is 9.22. The van der Waals surface area contributed by atoms with Gasteiger partial charge in [0, 0.05) is 23.5 Å². The summed E-state index contributed by atoms with van der Waals surface area (Å²) in [5.41, 5.74) is 1.94. The predicted molar refractivity (Wildman–Crippen MR) is 112 cm³/mol. The van der Waals surface area contributed by atoms with Crippen LogP contribution in [0.25, 0.3) is 10.2 Å². The molecule has 0 saturated carbocycles. The molecule has 9 heteroatoms. The van der Waals surface area contributed by atoms with Crippen molar-refractivity contribution < 1.29 is 13.2 Å². The van der Waals surface area contributed by atoms with Gasteiger partial charge in [-0.25, -0.2) is 8.42 Å². The average Bonchev–Trinajstić information content (AvgIpc) is 3.31. The first-order valence-corrected chi connectivity index (χ1v) is 11.9. The third kappa shape index (κ3) is 3.68. The maximum absolute atomic E-state index is 12.9. The molecule has 1 aliphatic heterocycles. The number of amides is 1. The smallest absolute Gasteiger partial charge is 0.264 e. The molecule has 0 unspecified atom stereocenters. The number of aryl methyl sites for hydroxylation is 1. The molecule has 1 fully saturated rings. The highest BCUT2D eigenvalue weighted by molar-refractivity contribution is 7.91. The zero-order valence-electron chi connectivity index (χ0n) is 15.6. The molecule has 1 atom stereocenters. The Hall–Kier alpha value is -1.90. The Kier molecular flexibility index (Phi) is 4.97. The SMILES string of the molecule is Cc1nn(Cc2ccc(Cl)cc2)c2sc(C(=O)N(C)[C@@H]3CCS(=O)(=O)C3)cc12. The number of thiophene rings is 1. The lowest BCUT2D eigenvalue weighted by atomic mass is 10.2. The molecule has 0 bridgehead atoms. The number of carbonyl (C=O) groups is 1. The van der Waals surface area contributed by atoms with Crippen LogP contribution in [0.1, 0.15) is 27.3 Å². The summed E-state index contributed by atoms with van der Waals surface area (Å²) in [5, 5.41) is 6.24. The molecule has 1 saturated heterocycles. The minimum atomic E-state index is -3.04. The Labute approximate surface area is 172 Å². The van der Waals surface area contributed by atoms with Gasteiger partial charge in [0.15, 0.2) is 9.84 Å². The first-order chi connectivity index (χ1) is 13.2. The van der Waals surface area contributed by atoms with Crippen LogP contribution in [0.4, 0.5) is 0 Å². The van der Waals surface area contributed by atoms with Crippen LogP contribution in [-0.2, 0) is 16.4 Å². The standard InChI is InChI=1S/C19H20ClN3O3S2/c1-12-16-9-17(18(24)22(2)15-7-8-28(25,26)11-15)27-19(16)23(21-12)10-13-3-5-14(20)6-4-13/h3-6,9,15H,7-8,10-11H2,1-2H3/t15-/m1/s1. The van der Waals surface area contributed by atoms with Gasteiger partial charge in [0.25, 0.3) is 5.91 Å². The summed E-state index contributed by atoms with van der Waals surface area (Å²) < 4.78 is 25.4. The molecule has 1 aromatic carbocycles. The second-order valence-corrected chi connectivity index (χ2v) is 10.9. The second kappa shape index (κ2) is 7.17. The zero-order valence-corrected chi connectivity index (χ0v) is 17.9. The molecule has 1 aliphatic rings. The van der Waals surface area contributed by atoms with Crippen molar-refractivity contribution in [2.45, 2.75) is 25.9 Å². The first-order valence-electron chi connectivity index (χ1n) is 8.92. The lowest BCUT2D eigenvalue weighted by Gasteiger charge is -2.22. The van der Waals surface area contributed by atoms with Crippen molar-refractivity contribution in [2.24, 2.45) is 0 Å². The van der Waals surface area contributed by atoms with E-state index in [4.69, 9.17) is 11.6 Å². The van der Waals surface area contributed by atoms with Crippen molar-refractivity contribution in [1.82, 2.24) is 14.7 Å². The van der Waals surface area contributed by atoms with Gasteiger partial charge in [0.05, 0.1) is 28.6 Å². The summed E-state index contributed by atoms with van der Waals surface area (Å²) in [6.45, 7) is 2.52. The number of benzene rings is 1. The van der Waals surface area contributed by atoms with Crippen LogP contribution in [0.5, 0.6) is 0 Å². The number of hydrogen-bond acceptors (Lipinski definition) is 5. The van der Waals surface area contributed by atoms with E-state index in [-0.39, 0.29) is 23.5 Å². The average molecular weight is 438 g/mol. The molecule has 0 spiro atoms. The molecule has 28 heavy (non-hydrogen) atoms. The summed E-state index contributed by atoms with van der Waals surface area (Å²) in [7, 11) is -1.35. The Morgan fingerprint density at radius 1 is 1.36 bits per heavy atom. The Balaban J connectivity index is 1.61. The van der Waals surface area contributed by atoms with Gasteiger partial charge in [0.1, 0.15) is 4.83 Å². The molecule has 0 N–H and O–H groups in total. The van der Waals surface area contributed by atoms with Crippen molar-refractivity contribution in [1.29, 1.82) is 0 Å². The van der Waals surface area contributed by atoms with E-state index in [2.05, 4.69) is 5.10 Å². The Morgan fingerprint density at radius 3 is 2.71 bits per heavy atom. The molecule has 1 amide bonds. The van der Waals surface area contributed by atoms with Crippen LogP contribution in [0.3, 0.4) is 0 Å². The van der Waals surface area contributed by atoms with Crippen molar-refractivity contribution in [3.05, 3.63) is 51.5 Å². The molecular formula is C19H20ClN3O3S2. The van der Waals surface area contributed by atoms with Crippen LogP contribution in [0.15, 0.2) is 30.3 Å². The molecule has 2 aromatic heterocycles. The zero-order chi connectivity index (χ0) is 20.1. The Morgan fingerprint density at radius 2 is 2.07 bits per heavy atom. The van der Waals surface area contributed by atoms with Gasteiger partial charge in [-0.2, -0.15) is 5.10 Å². The quantitative estimate of drug-likeness (QED) is 0.627. The molecule has 3 aromatic rings. The molecule has 4 rings (SSSR count). The van der Waals surface area contributed by atoms with Gasteiger partial charge in [-0.15, -0.1) is 11.3 Å². The number of halogens is 1. The van der Waals surface area contributed by atoms with Crippen molar-refractivity contribution in [2.75, 3.05) is 18.6 Å². The summed E-state index contributed by atoms with van der Waals surface area (Å²) in [4.78, 5) is 16.0. The fourth-order valence-electron chi connectivity index (χ4n) is 3.51. The molecule has 148 valence electrons. The van der Waals surface area contributed by atoms with Gasteiger partial charge in [-0.05, 0) is 37.1 Å². The van der Waals surface area contributed by atoms with Crippen molar-refractivity contribution >= 4 is 48.9 Å². The van der Waals surface area contributed by atoms with Gasteiger partial charge < -0.3 is 4.90 Å². The highest BCUT2D eigenvalue weighted by atomic mass is 35.5. The second-order valence-electron chi connectivity index (χ2n) is 7.17.